The van der Waals surface area contributed by atoms with Crippen LogP contribution in [0.15, 0.2) is 34.9 Å². The summed E-state index contributed by atoms with van der Waals surface area (Å²) in [6.45, 7) is 0. The Balaban J connectivity index is 2.06. The Morgan fingerprint density at radius 2 is 2.11 bits per heavy atom. The highest BCUT2D eigenvalue weighted by atomic mass is 79.9. The summed E-state index contributed by atoms with van der Waals surface area (Å²) in [4.78, 5) is 4.20. The topological polar surface area (TPSA) is 68.1 Å². The molecule has 0 aliphatic rings. The zero-order chi connectivity index (χ0) is 13.0. The lowest BCUT2D eigenvalue weighted by atomic mass is 10.1. The van der Waals surface area contributed by atoms with E-state index < -0.39 is 6.10 Å². The Labute approximate surface area is 113 Å². The van der Waals surface area contributed by atoms with Crippen molar-refractivity contribution in [3.8, 4) is 5.88 Å². The van der Waals surface area contributed by atoms with Crippen LogP contribution in [0, 0.1) is 0 Å². The highest BCUT2D eigenvalue weighted by Gasteiger charge is 2.11. The molecule has 1 atom stereocenters. The second-order valence-electron chi connectivity index (χ2n) is 3.69. The third kappa shape index (κ3) is 3.24. The monoisotopic (exact) mass is 309 g/mol. The maximum absolute atomic E-state index is 10.0. The Kier molecular flexibility index (Phi) is 4.22. The van der Waals surface area contributed by atoms with Gasteiger partial charge in [-0.3, -0.25) is 4.98 Å². The average molecular weight is 310 g/mol. The van der Waals surface area contributed by atoms with E-state index in [4.69, 9.17) is 4.74 Å². The van der Waals surface area contributed by atoms with Gasteiger partial charge in [-0.15, -0.1) is 10.2 Å². The molecule has 0 aromatic carbocycles. The second kappa shape index (κ2) is 5.88. The number of halogens is 1. The maximum atomic E-state index is 10.0. The third-order valence-electron chi connectivity index (χ3n) is 2.40. The van der Waals surface area contributed by atoms with Crippen LogP contribution in [0.25, 0.3) is 0 Å². The number of methoxy groups -OCH3 is 1. The summed E-state index contributed by atoms with van der Waals surface area (Å²) in [6.07, 6.45) is 1.37. The van der Waals surface area contributed by atoms with Gasteiger partial charge in [-0.2, -0.15) is 0 Å². The summed E-state index contributed by atoms with van der Waals surface area (Å²) in [5.74, 6) is 0.424. The first-order valence-electron chi connectivity index (χ1n) is 5.35. The predicted octanol–water partition coefficient (Wildman–Crippen LogP) is 1.92. The van der Waals surface area contributed by atoms with E-state index in [1.54, 1.807) is 18.3 Å². The lowest BCUT2D eigenvalue weighted by Crippen LogP contribution is -2.06. The number of aliphatic hydroxyl groups is 1. The van der Waals surface area contributed by atoms with Gasteiger partial charge >= 0.3 is 0 Å². The molecule has 1 unspecified atom stereocenters. The normalized spacial score (nSPS) is 12.2. The van der Waals surface area contributed by atoms with E-state index in [1.807, 2.05) is 12.1 Å². The lowest BCUT2D eigenvalue weighted by Gasteiger charge is -2.09. The summed E-state index contributed by atoms with van der Waals surface area (Å²) in [5.41, 5.74) is 1.30. The molecule has 1 N–H and O–H groups in total. The molecule has 2 heterocycles. The number of ether oxygens (including phenoxy) is 1. The zero-order valence-corrected chi connectivity index (χ0v) is 11.3. The molecule has 5 nitrogen and oxygen atoms in total. The van der Waals surface area contributed by atoms with Gasteiger partial charge in [0.1, 0.15) is 6.10 Å². The summed E-state index contributed by atoms with van der Waals surface area (Å²) in [6, 6.07) is 7.09. The SMILES string of the molecule is COc1ccc(C(O)Cc2ccc(Br)cn2)nn1. The number of aromatic nitrogens is 3. The Hall–Kier alpha value is -1.53. The van der Waals surface area contributed by atoms with E-state index in [0.29, 0.717) is 18.0 Å². The van der Waals surface area contributed by atoms with E-state index in [9.17, 15) is 5.11 Å². The number of hydrogen-bond acceptors (Lipinski definition) is 5. The Morgan fingerprint density at radius 1 is 1.28 bits per heavy atom. The van der Waals surface area contributed by atoms with Gasteiger partial charge in [0.05, 0.1) is 12.8 Å². The van der Waals surface area contributed by atoms with Crippen LogP contribution in [0.2, 0.25) is 0 Å². The van der Waals surface area contributed by atoms with Gasteiger partial charge in [-0.05, 0) is 34.1 Å². The fraction of sp³-hybridized carbons (Fsp3) is 0.250. The first-order chi connectivity index (χ1) is 8.69. The van der Waals surface area contributed by atoms with Crippen LogP contribution in [0.5, 0.6) is 5.88 Å². The molecule has 0 bridgehead atoms. The van der Waals surface area contributed by atoms with Gasteiger partial charge in [0.15, 0.2) is 0 Å². The first kappa shape index (κ1) is 12.9. The quantitative estimate of drug-likeness (QED) is 0.934. The fourth-order valence-electron chi connectivity index (χ4n) is 1.45. The van der Waals surface area contributed by atoms with Crippen molar-refractivity contribution in [1.82, 2.24) is 15.2 Å². The summed E-state index contributed by atoms with van der Waals surface area (Å²) >= 11 is 3.31. The van der Waals surface area contributed by atoms with Crippen LogP contribution >= 0.6 is 15.9 Å². The minimum absolute atomic E-state index is 0.397. The van der Waals surface area contributed by atoms with Gasteiger partial charge in [0, 0.05) is 28.9 Å². The molecule has 2 aromatic rings. The molecule has 0 aliphatic heterocycles. The molecule has 2 rings (SSSR count). The van der Waals surface area contributed by atoms with Gasteiger partial charge in [0.25, 0.3) is 0 Å². The van der Waals surface area contributed by atoms with Crippen LogP contribution in [-0.4, -0.2) is 27.4 Å². The van der Waals surface area contributed by atoms with Crippen LogP contribution in [0.4, 0.5) is 0 Å². The van der Waals surface area contributed by atoms with Crippen molar-refractivity contribution in [3.63, 3.8) is 0 Å². The standard InChI is InChI=1S/C12H12BrN3O2/c1-18-12-5-4-10(15-16-12)11(17)6-9-3-2-8(13)7-14-9/h2-5,7,11,17H,6H2,1H3. The molecular weight excluding hydrogens is 298 g/mol. The predicted molar refractivity (Wildman–Crippen MR) is 69.2 cm³/mol. The maximum Gasteiger partial charge on any atom is 0.233 e. The van der Waals surface area contributed by atoms with E-state index >= 15 is 0 Å². The molecule has 94 valence electrons. The summed E-state index contributed by atoms with van der Waals surface area (Å²) < 4.78 is 5.81. The van der Waals surface area contributed by atoms with Crippen LogP contribution in [0.1, 0.15) is 17.5 Å². The van der Waals surface area contributed by atoms with Gasteiger partial charge in [-0.1, -0.05) is 0 Å². The minimum atomic E-state index is -0.725. The molecule has 2 aromatic heterocycles. The van der Waals surface area contributed by atoms with Crippen molar-refractivity contribution < 1.29 is 9.84 Å². The van der Waals surface area contributed by atoms with Gasteiger partial charge < -0.3 is 9.84 Å². The summed E-state index contributed by atoms with van der Waals surface area (Å²) in [5, 5.41) is 17.7. The van der Waals surface area contributed by atoms with Crippen molar-refractivity contribution >= 4 is 15.9 Å². The number of aliphatic hydroxyl groups excluding tert-OH is 1. The third-order valence-corrected chi connectivity index (χ3v) is 2.87. The number of rotatable bonds is 4. The van der Waals surface area contributed by atoms with Crippen LogP contribution < -0.4 is 4.74 Å². The van der Waals surface area contributed by atoms with Crippen molar-refractivity contribution in [3.05, 3.63) is 46.3 Å². The highest BCUT2D eigenvalue weighted by molar-refractivity contribution is 9.10. The van der Waals surface area contributed by atoms with Crippen molar-refractivity contribution in [2.24, 2.45) is 0 Å². The molecular formula is C12H12BrN3O2. The fourth-order valence-corrected chi connectivity index (χ4v) is 1.68. The van der Waals surface area contributed by atoms with Crippen molar-refractivity contribution in [2.45, 2.75) is 12.5 Å². The highest BCUT2D eigenvalue weighted by Crippen LogP contribution is 2.17. The van der Waals surface area contributed by atoms with Gasteiger partial charge in [0.2, 0.25) is 5.88 Å². The van der Waals surface area contributed by atoms with E-state index in [-0.39, 0.29) is 0 Å². The first-order valence-corrected chi connectivity index (χ1v) is 6.14. The minimum Gasteiger partial charge on any atom is -0.480 e. The molecule has 0 saturated heterocycles. The van der Waals surface area contributed by atoms with Crippen LogP contribution in [0.3, 0.4) is 0 Å². The van der Waals surface area contributed by atoms with Crippen LogP contribution in [-0.2, 0) is 6.42 Å². The van der Waals surface area contributed by atoms with Crippen molar-refractivity contribution in [2.75, 3.05) is 7.11 Å². The Bertz CT molecular complexity index is 502. The number of nitrogens with zero attached hydrogens (tertiary/aromatic N) is 3. The molecule has 0 saturated carbocycles. The molecule has 6 heteroatoms. The largest absolute Gasteiger partial charge is 0.480 e. The molecule has 0 spiro atoms. The Morgan fingerprint density at radius 3 is 2.67 bits per heavy atom. The van der Waals surface area contributed by atoms with E-state index in [2.05, 4.69) is 31.1 Å². The van der Waals surface area contributed by atoms with Gasteiger partial charge in [-0.25, -0.2) is 0 Å². The molecule has 0 fully saturated rings. The number of pyridine rings is 1. The smallest absolute Gasteiger partial charge is 0.233 e. The van der Waals surface area contributed by atoms with E-state index in [1.165, 1.54) is 7.11 Å². The zero-order valence-electron chi connectivity index (χ0n) is 9.75. The van der Waals surface area contributed by atoms with E-state index in [0.717, 1.165) is 10.2 Å². The van der Waals surface area contributed by atoms with Crippen molar-refractivity contribution in [1.29, 1.82) is 0 Å². The molecule has 0 amide bonds. The second-order valence-corrected chi connectivity index (χ2v) is 4.60. The molecule has 0 aliphatic carbocycles. The summed E-state index contributed by atoms with van der Waals surface area (Å²) in [7, 11) is 1.52. The molecule has 0 radical (unpaired) electrons. The average Bonchev–Trinajstić information content (AvgIpc) is 2.41. The number of hydrogen-bond donors (Lipinski definition) is 1. The molecule has 18 heavy (non-hydrogen) atoms. The lowest BCUT2D eigenvalue weighted by molar-refractivity contribution is 0.170.